The van der Waals surface area contributed by atoms with Crippen LogP contribution in [0.15, 0.2) is 88.5 Å². The van der Waals surface area contributed by atoms with Crippen molar-refractivity contribution in [2.75, 3.05) is 0 Å². The number of amides is 1. The van der Waals surface area contributed by atoms with E-state index in [1.165, 1.54) is 11.5 Å². The van der Waals surface area contributed by atoms with Crippen molar-refractivity contribution in [2.45, 2.75) is 26.4 Å². The average molecular weight is 441 g/mol. The summed E-state index contributed by atoms with van der Waals surface area (Å²) in [5.74, 6) is -0.468. The van der Waals surface area contributed by atoms with Gasteiger partial charge in [-0.15, -0.1) is 0 Å². The first kappa shape index (κ1) is 22.0. The summed E-state index contributed by atoms with van der Waals surface area (Å²) >= 11 is 0. The molecule has 1 aromatic heterocycles. The second-order valence-corrected chi connectivity index (χ2v) is 7.83. The van der Waals surface area contributed by atoms with Crippen LogP contribution in [0.4, 0.5) is 0 Å². The lowest BCUT2D eigenvalue weighted by atomic mass is 10.1. The lowest BCUT2D eigenvalue weighted by Gasteiger charge is -2.17. The summed E-state index contributed by atoms with van der Waals surface area (Å²) < 4.78 is 2.32. The van der Waals surface area contributed by atoms with Gasteiger partial charge < -0.3 is 5.32 Å². The number of nitrogens with one attached hydrogen (secondary N) is 1. The van der Waals surface area contributed by atoms with Gasteiger partial charge in [-0.2, -0.15) is 0 Å². The molecule has 7 nitrogen and oxygen atoms in total. The van der Waals surface area contributed by atoms with Crippen LogP contribution in [0.3, 0.4) is 0 Å². The summed E-state index contributed by atoms with van der Waals surface area (Å²) in [7, 11) is 0. The SMILES string of the molecule is CC(=O)c1ccc(-n2c(=O)c3ccccc3n(CC(=O)NC(C)c3ccccc3)c2=O)cc1. The third kappa shape index (κ3) is 4.39. The lowest BCUT2D eigenvalue weighted by molar-refractivity contribution is -0.122. The van der Waals surface area contributed by atoms with Crippen LogP contribution in [0.1, 0.15) is 35.8 Å². The monoisotopic (exact) mass is 441 g/mol. The number of Topliss-reactive ketones (excluding diaryl/α,β-unsaturated/α-hetero) is 1. The molecule has 0 saturated carbocycles. The van der Waals surface area contributed by atoms with Gasteiger partial charge in [-0.3, -0.25) is 19.0 Å². The van der Waals surface area contributed by atoms with Crippen molar-refractivity contribution in [3.63, 3.8) is 0 Å². The Hall–Kier alpha value is -4.26. The van der Waals surface area contributed by atoms with Crippen LogP contribution in [0, 0.1) is 0 Å². The highest BCUT2D eigenvalue weighted by Gasteiger charge is 2.18. The van der Waals surface area contributed by atoms with E-state index in [4.69, 9.17) is 0 Å². The largest absolute Gasteiger partial charge is 0.348 e. The van der Waals surface area contributed by atoms with Crippen molar-refractivity contribution in [3.05, 3.63) is 111 Å². The van der Waals surface area contributed by atoms with Gasteiger partial charge >= 0.3 is 5.69 Å². The van der Waals surface area contributed by atoms with Crippen molar-refractivity contribution in [1.29, 1.82) is 0 Å². The minimum atomic E-state index is -0.628. The molecule has 33 heavy (non-hydrogen) atoms. The number of hydrogen-bond acceptors (Lipinski definition) is 4. The maximum atomic E-state index is 13.4. The Kier molecular flexibility index (Phi) is 6.04. The predicted octanol–water partition coefficient (Wildman–Crippen LogP) is 3.23. The Morgan fingerprint density at radius 3 is 2.18 bits per heavy atom. The number of rotatable bonds is 6. The Morgan fingerprint density at radius 2 is 1.52 bits per heavy atom. The third-order valence-corrected chi connectivity index (χ3v) is 5.56. The first-order valence-corrected chi connectivity index (χ1v) is 10.6. The fourth-order valence-electron chi connectivity index (χ4n) is 3.80. The Morgan fingerprint density at radius 1 is 0.879 bits per heavy atom. The molecule has 4 aromatic rings. The summed E-state index contributed by atoms with van der Waals surface area (Å²) in [5.41, 5.74) is 1.01. The second kappa shape index (κ2) is 9.08. The van der Waals surface area contributed by atoms with E-state index in [1.54, 1.807) is 48.5 Å². The Balaban J connectivity index is 1.76. The van der Waals surface area contributed by atoms with Crippen LogP contribution < -0.4 is 16.6 Å². The number of hydrogen-bond donors (Lipinski definition) is 1. The average Bonchev–Trinajstić information content (AvgIpc) is 2.82. The number of ketones is 1. The van der Waals surface area contributed by atoms with Crippen molar-refractivity contribution in [2.24, 2.45) is 0 Å². The van der Waals surface area contributed by atoms with E-state index < -0.39 is 11.2 Å². The molecule has 1 amide bonds. The molecule has 1 N–H and O–H groups in total. The minimum absolute atomic E-state index is 0.117. The number of carbonyl (C=O) groups is 2. The molecule has 0 spiro atoms. The van der Waals surface area contributed by atoms with Crippen molar-refractivity contribution in [1.82, 2.24) is 14.5 Å². The second-order valence-electron chi connectivity index (χ2n) is 7.83. The van der Waals surface area contributed by atoms with E-state index in [0.29, 0.717) is 22.2 Å². The highest BCUT2D eigenvalue weighted by atomic mass is 16.2. The molecule has 166 valence electrons. The van der Waals surface area contributed by atoms with Crippen molar-refractivity contribution >= 4 is 22.6 Å². The van der Waals surface area contributed by atoms with Crippen LogP contribution >= 0.6 is 0 Å². The van der Waals surface area contributed by atoms with E-state index in [-0.39, 0.29) is 24.3 Å². The Bertz CT molecular complexity index is 1450. The van der Waals surface area contributed by atoms with E-state index in [2.05, 4.69) is 5.32 Å². The van der Waals surface area contributed by atoms with Gasteiger partial charge in [-0.1, -0.05) is 42.5 Å². The molecule has 4 rings (SSSR count). The zero-order valence-corrected chi connectivity index (χ0v) is 18.3. The van der Waals surface area contributed by atoms with Gasteiger partial charge in [0.15, 0.2) is 5.78 Å². The summed E-state index contributed by atoms with van der Waals surface area (Å²) in [4.78, 5) is 51.0. The molecule has 3 aromatic carbocycles. The summed E-state index contributed by atoms with van der Waals surface area (Å²) in [6.45, 7) is 3.06. The standard InChI is InChI=1S/C26H23N3O4/c1-17(19-8-4-3-5-9-19)27-24(31)16-28-23-11-7-6-10-22(23)25(32)29(26(28)33)21-14-12-20(13-15-21)18(2)30/h3-15,17H,16H2,1-2H3,(H,27,31). The number of aromatic nitrogens is 2. The van der Waals surface area contributed by atoms with Crippen molar-refractivity contribution in [3.8, 4) is 5.69 Å². The zero-order chi connectivity index (χ0) is 23.5. The van der Waals surface area contributed by atoms with Gasteiger partial charge in [-0.05, 0) is 55.8 Å². The fourth-order valence-corrected chi connectivity index (χ4v) is 3.80. The minimum Gasteiger partial charge on any atom is -0.348 e. The number of para-hydroxylation sites is 1. The van der Waals surface area contributed by atoms with Crippen molar-refractivity contribution < 1.29 is 9.59 Å². The highest BCUT2D eigenvalue weighted by Crippen LogP contribution is 2.13. The normalized spacial score (nSPS) is 11.8. The predicted molar refractivity (Wildman–Crippen MR) is 127 cm³/mol. The third-order valence-electron chi connectivity index (χ3n) is 5.56. The molecule has 0 aliphatic heterocycles. The van der Waals surface area contributed by atoms with E-state index in [0.717, 1.165) is 10.1 Å². The molecule has 0 aliphatic rings. The number of carbonyl (C=O) groups excluding carboxylic acids is 2. The summed E-state index contributed by atoms with van der Waals surface area (Å²) in [5, 5.41) is 3.22. The molecule has 7 heteroatoms. The van der Waals surface area contributed by atoms with Gasteiger partial charge in [0.05, 0.1) is 22.6 Å². The van der Waals surface area contributed by atoms with Gasteiger partial charge in [0.1, 0.15) is 6.54 Å². The molecule has 1 heterocycles. The van der Waals surface area contributed by atoms with E-state index in [9.17, 15) is 19.2 Å². The van der Waals surface area contributed by atoms with E-state index >= 15 is 0 Å². The van der Waals surface area contributed by atoms with Gasteiger partial charge in [-0.25, -0.2) is 9.36 Å². The molecule has 1 atom stereocenters. The smallest absolute Gasteiger partial charge is 0.336 e. The molecule has 1 unspecified atom stereocenters. The van der Waals surface area contributed by atoms with E-state index in [1.807, 2.05) is 37.3 Å². The molecule has 0 aliphatic carbocycles. The molecule has 0 saturated heterocycles. The van der Waals surface area contributed by atoms with Crippen LogP contribution in [-0.4, -0.2) is 20.8 Å². The van der Waals surface area contributed by atoms with Gasteiger partial charge in [0.25, 0.3) is 5.56 Å². The maximum Gasteiger partial charge on any atom is 0.336 e. The summed E-state index contributed by atoms with van der Waals surface area (Å²) in [6.07, 6.45) is 0. The molecule has 0 radical (unpaired) electrons. The molecule has 0 fully saturated rings. The Labute approximate surface area is 189 Å². The number of fused-ring (bicyclic) bond motifs is 1. The molecular formula is C26H23N3O4. The van der Waals surface area contributed by atoms with Crippen LogP contribution in [0.5, 0.6) is 0 Å². The first-order chi connectivity index (χ1) is 15.9. The lowest BCUT2D eigenvalue weighted by Crippen LogP contribution is -2.42. The van der Waals surface area contributed by atoms with Gasteiger partial charge in [0.2, 0.25) is 5.91 Å². The summed E-state index contributed by atoms with van der Waals surface area (Å²) in [6, 6.07) is 22.2. The van der Waals surface area contributed by atoms with Crippen LogP contribution in [-0.2, 0) is 11.3 Å². The highest BCUT2D eigenvalue weighted by molar-refractivity contribution is 5.94. The number of benzene rings is 3. The number of nitrogens with zero attached hydrogens (tertiary/aromatic N) is 2. The van der Waals surface area contributed by atoms with Crippen LogP contribution in [0.2, 0.25) is 0 Å². The van der Waals surface area contributed by atoms with Crippen LogP contribution in [0.25, 0.3) is 16.6 Å². The first-order valence-electron chi connectivity index (χ1n) is 10.6. The van der Waals surface area contributed by atoms with Gasteiger partial charge in [0, 0.05) is 5.56 Å². The topological polar surface area (TPSA) is 90.2 Å². The quantitative estimate of drug-likeness (QED) is 0.465. The maximum absolute atomic E-state index is 13.4. The zero-order valence-electron chi connectivity index (χ0n) is 18.3. The fraction of sp³-hybridized carbons (Fsp3) is 0.154. The molecule has 0 bridgehead atoms. The molecular weight excluding hydrogens is 418 g/mol.